The van der Waals surface area contributed by atoms with Gasteiger partial charge in [-0.25, -0.2) is 0 Å². The Kier molecular flexibility index (Phi) is 9.20. The Bertz CT molecular complexity index is 3630. The fraction of sp³-hybridized carbons (Fsp3) is 0. The molecule has 0 fully saturated rings. The maximum absolute atomic E-state index is 6.18. The van der Waals surface area contributed by atoms with Crippen LogP contribution in [-0.4, -0.2) is 0 Å². The summed E-state index contributed by atoms with van der Waals surface area (Å²) in [6.07, 6.45) is 0. The molecule has 0 N–H and O–H groups in total. The van der Waals surface area contributed by atoms with Gasteiger partial charge in [0.25, 0.3) is 0 Å². The van der Waals surface area contributed by atoms with E-state index in [-0.39, 0.29) is 0 Å². The fourth-order valence-electron chi connectivity index (χ4n) is 9.33. The number of fused-ring (bicyclic) bond motifs is 5. The van der Waals surface area contributed by atoms with E-state index in [4.69, 9.17) is 4.42 Å². The normalized spacial score (nSPS) is 11.4. The van der Waals surface area contributed by atoms with E-state index in [2.05, 4.69) is 241 Å². The SMILES string of the molecule is c1cc(-c2ccc3oc4ccccc4c3c2)cc(N(c2ccc(-c3ccc(-c4ccc5ccccc5c4)cc3)cc2)c2ccc(-c3ccc(-c4cccc5ccccc45)cc3)cc2)c1. The number of furan rings is 1. The molecule has 0 unspecified atom stereocenters. The van der Waals surface area contributed by atoms with E-state index in [1.54, 1.807) is 0 Å². The number of hydrogen-bond acceptors (Lipinski definition) is 2. The first-order chi connectivity index (χ1) is 31.7. The van der Waals surface area contributed by atoms with Crippen molar-refractivity contribution in [2.24, 2.45) is 0 Å². The number of hydrogen-bond donors (Lipinski definition) is 0. The highest BCUT2D eigenvalue weighted by atomic mass is 16.3. The summed E-state index contributed by atoms with van der Waals surface area (Å²) in [5.74, 6) is 0. The molecule has 12 rings (SSSR count). The van der Waals surface area contributed by atoms with Crippen molar-refractivity contribution in [3.8, 4) is 55.6 Å². The van der Waals surface area contributed by atoms with Crippen molar-refractivity contribution in [2.75, 3.05) is 4.90 Å². The zero-order valence-corrected chi connectivity index (χ0v) is 35.0. The summed E-state index contributed by atoms with van der Waals surface area (Å²) >= 11 is 0. The largest absolute Gasteiger partial charge is 0.456 e. The van der Waals surface area contributed by atoms with Gasteiger partial charge in [-0.2, -0.15) is 0 Å². The van der Waals surface area contributed by atoms with Gasteiger partial charge in [0.2, 0.25) is 0 Å². The molecular weight excluding hydrogens is 775 g/mol. The summed E-state index contributed by atoms with van der Waals surface area (Å²) in [5.41, 5.74) is 16.9. The lowest BCUT2D eigenvalue weighted by molar-refractivity contribution is 0.669. The molecule has 0 aliphatic carbocycles. The van der Waals surface area contributed by atoms with Crippen molar-refractivity contribution >= 4 is 60.5 Å². The Morgan fingerprint density at radius 1 is 0.234 bits per heavy atom. The Hall–Kier alpha value is -8.46. The molecule has 300 valence electrons. The summed E-state index contributed by atoms with van der Waals surface area (Å²) in [6, 6.07) is 89.8. The molecule has 0 bridgehead atoms. The number of para-hydroxylation sites is 1. The van der Waals surface area contributed by atoms with Gasteiger partial charge in [0, 0.05) is 27.8 Å². The van der Waals surface area contributed by atoms with Crippen LogP contribution in [0.5, 0.6) is 0 Å². The van der Waals surface area contributed by atoms with E-state index in [9.17, 15) is 0 Å². The van der Waals surface area contributed by atoms with Crippen LogP contribution in [0.2, 0.25) is 0 Å². The number of anilines is 3. The van der Waals surface area contributed by atoms with Gasteiger partial charge in [-0.15, -0.1) is 0 Å². The highest BCUT2D eigenvalue weighted by Crippen LogP contribution is 2.40. The maximum Gasteiger partial charge on any atom is 0.135 e. The molecule has 0 spiro atoms. The van der Waals surface area contributed by atoms with E-state index in [1.807, 2.05) is 12.1 Å². The molecule has 2 nitrogen and oxygen atoms in total. The lowest BCUT2D eigenvalue weighted by Gasteiger charge is -2.26. The molecule has 1 aromatic heterocycles. The molecule has 0 saturated carbocycles. The minimum Gasteiger partial charge on any atom is -0.456 e. The number of rotatable bonds is 8. The van der Waals surface area contributed by atoms with Crippen LogP contribution < -0.4 is 4.90 Å². The number of benzene rings is 11. The monoisotopic (exact) mass is 815 g/mol. The topological polar surface area (TPSA) is 16.4 Å². The van der Waals surface area contributed by atoms with Crippen LogP contribution in [0.1, 0.15) is 0 Å². The Balaban J connectivity index is 0.884. The van der Waals surface area contributed by atoms with E-state index < -0.39 is 0 Å². The average Bonchev–Trinajstić information content (AvgIpc) is 3.75. The first kappa shape index (κ1) is 37.3. The third-order valence-corrected chi connectivity index (χ3v) is 12.7. The summed E-state index contributed by atoms with van der Waals surface area (Å²) < 4.78 is 6.18. The van der Waals surface area contributed by atoms with Crippen LogP contribution in [-0.2, 0) is 0 Å². The van der Waals surface area contributed by atoms with Gasteiger partial charge < -0.3 is 9.32 Å². The first-order valence-corrected chi connectivity index (χ1v) is 21.9. The van der Waals surface area contributed by atoms with Gasteiger partial charge in [0.15, 0.2) is 0 Å². The third kappa shape index (κ3) is 6.88. The maximum atomic E-state index is 6.18. The van der Waals surface area contributed by atoms with Crippen LogP contribution in [0.15, 0.2) is 253 Å². The molecule has 11 aromatic carbocycles. The van der Waals surface area contributed by atoms with Crippen molar-refractivity contribution in [3.05, 3.63) is 249 Å². The average molecular weight is 816 g/mol. The van der Waals surface area contributed by atoms with E-state index in [0.29, 0.717) is 0 Å². The molecule has 0 atom stereocenters. The van der Waals surface area contributed by atoms with Crippen molar-refractivity contribution in [1.29, 1.82) is 0 Å². The molecule has 64 heavy (non-hydrogen) atoms. The van der Waals surface area contributed by atoms with Gasteiger partial charge in [0.1, 0.15) is 11.2 Å². The van der Waals surface area contributed by atoms with Crippen LogP contribution >= 0.6 is 0 Å². The zero-order chi connectivity index (χ0) is 42.4. The van der Waals surface area contributed by atoms with Crippen molar-refractivity contribution in [2.45, 2.75) is 0 Å². The Labute approximate surface area is 372 Å². The summed E-state index contributed by atoms with van der Waals surface area (Å²) in [5, 5.41) is 7.28. The molecule has 0 radical (unpaired) electrons. The smallest absolute Gasteiger partial charge is 0.135 e. The Morgan fingerprint density at radius 2 is 0.703 bits per heavy atom. The molecule has 0 saturated heterocycles. The first-order valence-electron chi connectivity index (χ1n) is 21.9. The molecule has 2 heteroatoms. The quantitative estimate of drug-likeness (QED) is 0.152. The van der Waals surface area contributed by atoms with E-state index in [0.717, 1.165) is 50.1 Å². The fourth-order valence-corrected chi connectivity index (χ4v) is 9.33. The molecule has 0 aliphatic heterocycles. The van der Waals surface area contributed by atoms with Gasteiger partial charge in [-0.3, -0.25) is 0 Å². The van der Waals surface area contributed by atoms with Crippen LogP contribution in [0, 0.1) is 0 Å². The zero-order valence-electron chi connectivity index (χ0n) is 35.0. The summed E-state index contributed by atoms with van der Waals surface area (Å²) in [6.45, 7) is 0. The standard InChI is InChI=1S/C62H41NO/c1-2-11-50-39-52(28-25-42(50)9-1)47-21-19-43(20-22-47)45-29-34-54(35-30-45)63(56-14-7-13-51(40-56)53-33-38-62-60(41-53)59-16-5-6-18-61(59)64-62)55-36-31-46(32-37-55)44-23-26-49(27-24-44)58-17-8-12-48-10-3-4-15-57(48)58/h1-41H. The second kappa shape index (κ2) is 15.8. The van der Waals surface area contributed by atoms with Crippen molar-refractivity contribution in [3.63, 3.8) is 0 Å². The lowest BCUT2D eigenvalue weighted by atomic mass is 9.96. The van der Waals surface area contributed by atoms with Gasteiger partial charge in [-0.1, -0.05) is 188 Å². The molecule has 0 amide bonds. The number of nitrogens with zero attached hydrogens (tertiary/aromatic N) is 1. The third-order valence-electron chi connectivity index (χ3n) is 12.7. The molecular formula is C62H41NO. The van der Waals surface area contributed by atoms with Gasteiger partial charge >= 0.3 is 0 Å². The lowest BCUT2D eigenvalue weighted by Crippen LogP contribution is -2.10. The highest BCUT2D eigenvalue weighted by Gasteiger charge is 2.16. The summed E-state index contributed by atoms with van der Waals surface area (Å²) in [7, 11) is 0. The molecule has 12 aromatic rings. The minimum absolute atomic E-state index is 0.898. The second-order valence-electron chi connectivity index (χ2n) is 16.5. The molecule has 0 aliphatic rings. The second-order valence-corrected chi connectivity index (χ2v) is 16.5. The molecule has 1 heterocycles. The van der Waals surface area contributed by atoms with Crippen molar-refractivity contribution < 1.29 is 4.42 Å². The van der Waals surface area contributed by atoms with Gasteiger partial charge in [0.05, 0.1) is 0 Å². The van der Waals surface area contributed by atoms with Crippen LogP contribution in [0.4, 0.5) is 17.1 Å². The predicted octanol–water partition coefficient (Wildman–Crippen LogP) is 17.7. The van der Waals surface area contributed by atoms with Crippen molar-refractivity contribution in [1.82, 2.24) is 0 Å². The van der Waals surface area contributed by atoms with E-state index >= 15 is 0 Å². The van der Waals surface area contributed by atoms with E-state index in [1.165, 1.54) is 66.1 Å². The van der Waals surface area contributed by atoms with Gasteiger partial charge in [-0.05, 0) is 138 Å². The van der Waals surface area contributed by atoms with Crippen LogP contribution in [0.3, 0.4) is 0 Å². The van der Waals surface area contributed by atoms with Crippen LogP contribution in [0.25, 0.3) is 99.1 Å². The predicted molar refractivity (Wildman–Crippen MR) is 271 cm³/mol. The Morgan fingerprint density at radius 3 is 1.41 bits per heavy atom. The minimum atomic E-state index is 0.898. The highest BCUT2D eigenvalue weighted by molar-refractivity contribution is 6.06. The summed E-state index contributed by atoms with van der Waals surface area (Å²) in [4.78, 5) is 2.36.